The number of carbonyl (C=O) groups excluding carboxylic acids is 2. The number of aromatic nitrogens is 4. The standard InChI is InChI=1S/C15H17N5O4/c1-8(21)23-5-12(24-9(2)22)11-3-10(11)4-20-7-19-13-14(16)17-6-18-15(13)20/h4,6-7,11-12H,3,5H2,1-2H3,(H2,16,17,18)/b10-4+/t11-,12-/m0/s1. The molecule has 2 aromatic heterocycles. The highest BCUT2D eigenvalue weighted by Gasteiger charge is 2.40. The molecule has 9 heteroatoms. The van der Waals surface area contributed by atoms with Crippen molar-refractivity contribution < 1.29 is 19.1 Å². The Morgan fingerprint density at radius 3 is 2.88 bits per heavy atom. The van der Waals surface area contributed by atoms with E-state index in [-0.39, 0.29) is 12.5 Å². The summed E-state index contributed by atoms with van der Waals surface area (Å²) >= 11 is 0. The molecule has 3 rings (SSSR count). The fraction of sp³-hybridized carbons (Fsp3) is 0.400. The number of nitrogens with zero attached hydrogens (tertiary/aromatic N) is 4. The van der Waals surface area contributed by atoms with Crippen LogP contribution in [0.15, 0.2) is 18.2 Å². The summed E-state index contributed by atoms with van der Waals surface area (Å²) in [6, 6.07) is 0. The van der Waals surface area contributed by atoms with Gasteiger partial charge in [0.15, 0.2) is 17.0 Å². The van der Waals surface area contributed by atoms with Gasteiger partial charge >= 0.3 is 11.9 Å². The van der Waals surface area contributed by atoms with Gasteiger partial charge in [0.2, 0.25) is 0 Å². The average molecular weight is 331 g/mol. The van der Waals surface area contributed by atoms with Gasteiger partial charge in [0.1, 0.15) is 25.4 Å². The van der Waals surface area contributed by atoms with E-state index < -0.39 is 18.0 Å². The van der Waals surface area contributed by atoms with Crippen molar-refractivity contribution >= 4 is 35.1 Å². The van der Waals surface area contributed by atoms with E-state index in [9.17, 15) is 9.59 Å². The molecular formula is C15H17N5O4. The van der Waals surface area contributed by atoms with Crippen LogP contribution in [0.5, 0.6) is 0 Å². The minimum Gasteiger partial charge on any atom is -0.462 e. The Bertz CT molecular complexity index is 828. The lowest BCUT2D eigenvalue weighted by Crippen LogP contribution is -2.25. The molecular weight excluding hydrogens is 314 g/mol. The van der Waals surface area contributed by atoms with Crippen molar-refractivity contribution in [1.29, 1.82) is 0 Å². The van der Waals surface area contributed by atoms with Gasteiger partial charge in [-0.3, -0.25) is 14.2 Å². The maximum Gasteiger partial charge on any atom is 0.303 e. The number of fused-ring (bicyclic) bond motifs is 1. The molecule has 0 bridgehead atoms. The molecule has 1 saturated carbocycles. The number of nitrogen functional groups attached to an aromatic ring is 1. The number of nitrogens with two attached hydrogens (primary N) is 1. The molecule has 0 saturated heterocycles. The van der Waals surface area contributed by atoms with Gasteiger partial charge in [-0.25, -0.2) is 15.0 Å². The van der Waals surface area contributed by atoms with Crippen LogP contribution in [-0.4, -0.2) is 44.2 Å². The minimum atomic E-state index is -0.493. The van der Waals surface area contributed by atoms with Crippen molar-refractivity contribution in [2.75, 3.05) is 12.3 Å². The quantitative estimate of drug-likeness (QED) is 0.797. The maximum atomic E-state index is 11.2. The molecule has 2 atom stereocenters. The number of carbonyl (C=O) groups is 2. The summed E-state index contributed by atoms with van der Waals surface area (Å²) in [5.74, 6) is -0.500. The third-order valence-electron chi connectivity index (χ3n) is 3.68. The molecule has 2 aromatic rings. The second kappa shape index (κ2) is 6.26. The lowest BCUT2D eigenvalue weighted by molar-refractivity contribution is -0.157. The van der Waals surface area contributed by atoms with Crippen LogP contribution in [0.3, 0.4) is 0 Å². The topological polar surface area (TPSA) is 122 Å². The first kappa shape index (κ1) is 15.9. The van der Waals surface area contributed by atoms with Gasteiger partial charge in [0.05, 0.1) is 0 Å². The summed E-state index contributed by atoms with van der Waals surface area (Å²) in [5.41, 5.74) is 7.94. The molecule has 0 unspecified atom stereocenters. The molecule has 0 aromatic carbocycles. The first-order valence-electron chi connectivity index (χ1n) is 7.40. The number of rotatable bonds is 5. The predicted octanol–water partition coefficient (Wildman–Crippen LogP) is 0.764. The van der Waals surface area contributed by atoms with Gasteiger partial charge in [-0.15, -0.1) is 0 Å². The van der Waals surface area contributed by atoms with Crippen molar-refractivity contribution in [2.45, 2.75) is 26.4 Å². The van der Waals surface area contributed by atoms with Crippen LogP contribution in [0.25, 0.3) is 17.4 Å². The molecule has 1 aliphatic rings. The maximum absolute atomic E-state index is 11.2. The summed E-state index contributed by atoms with van der Waals surface area (Å²) < 4.78 is 12.0. The number of anilines is 1. The number of esters is 2. The zero-order valence-corrected chi connectivity index (χ0v) is 13.3. The Morgan fingerprint density at radius 2 is 2.17 bits per heavy atom. The summed E-state index contributed by atoms with van der Waals surface area (Å²) in [6.07, 6.45) is 5.09. The highest BCUT2D eigenvalue weighted by atomic mass is 16.6. The molecule has 1 aliphatic carbocycles. The van der Waals surface area contributed by atoms with Gasteiger partial charge in [-0.1, -0.05) is 0 Å². The van der Waals surface area contributed by atoms with E-state index in [0.29, 0.717) is 17.0 Å². The zero-order valence-electron chi connectivity index (χ0n) is 13.3. The lowest BCUT2D eigenvalue weighted by Gasteiger charge is -2.15. The first-order valence-corrected chi connectivity index (χ1v) is 7.40. The van der Waals surface area contributed by atoms with E-state index in [1.165, 1.54) is 20.2 Å². The van der Waals surface area contributed by atoms with Crippen LogP contribution in [-0.2, 0) is 19.1 Å². The van der Waals surface area contributed by atoms with Gasteiger partial charge in [0.25, 0.3) is 0 Å². The Hall–Kier alpha value is -2.97. The van der Waals surface area contributed by atoms with E-state index in [0.717, 1.165) is 12.0 Å². The van der Waals surface area contributed by atoms with Gasteiger partial charge < -0.3 is 15.2 Å². The van der Waals surface area contributed by atoms with Crippen molar-refractivity contribution in [3.8, 4) is 0 Å². The van der Waals surface area contributed by atoms with Crippen LogP contribution in [0.1, 0.15) is 20.3 Å². The van der Waals surface area contributed by atoms with Crippen molar-refractivity contribution in [2.24, 2.45) is 5.92 Å². The fourth-order valence-corrected chi connectivity index (χ4v) is 2.50. The molecule has 24 heavy (non-hydrogen) atoms. The van der Waals surface area contributed by atoms with E-state index in [4.69, 9.17) is 15.2 Å². The molecule has 0 amide bonds. The van der Waals surface area contributed by atoms with E-state index in [2.05, 4.69) is 15.0 Å². The normalized spacial score (nSPS) is 19.2. The van der Waals surface area contributed by atoms with Crippen LogP contribution in [0.2, 0.25) is 0 Å². The van der Waals surface area contributed by atoms with Gasteiger partial charge in [-0.05, 0) is 12.0 Å². The summed E-state index contributed by atoms with van der Waals surface area (Å²) in [7, 11) is 0. The summed E-state index contributed by atoms with van der Waals surface area (Å²) in [4.78, 5) is 34.5. The molecule has 2 N–H and O–H groups in total. The number of imidazole rings is 1. The molecule has 126 valence electrons. The summed E-state index contributed by atoms with van der Waals surface area (Å²) in [6.45, 7) is 2.68. The Kier molecular flexibility index (Phi) is 4.15. The largest absolute Gasteiger partial charge is 0.462 e. The van der Waals surface area contributed by atoms with Gasteiger partial charge in [0, 0.05) is 26.0 Å². The second-order valence-electron chi connectivity index (χ2n) is 5.55. The van der Waals surface area contributed by atoms with Crippen molar-refractivity contribution in [3.63, 3.8) is 0 Å². The van der Waals surface area contributed by atoms with E-state index >= 15 is 0 Å². The van der Waals surface area contributed by atoms with Crippen LogP contribution < -0.4 is 5.73 Å². The lowest BCUT2D eigenvalue weighted by atomic mass is 10.2. The highest BCUT2D eigenvalue weighted by Crippen LogP contribution is 2.42. The highest BCUT2D eigenvalue weighted by molar-refractivity contribution is 5.82. The molecule has 0 aliphatic heterocycles. The Balaban J connectivity index is 1.78. The van der Waals surface area contributed by atoms with Crippen LogP contribution in [0, 0.1) is 5.92 Å². The molecule has 0 radical (unpaired) electrons. The number of hydrogen-bond donors (Lipinski definition) is 1. The summed E-state index contributed by atoms with van der Waals surface area (Å²) in [5, 5.41) is 0. The molecule has 0 spiro atoms. The third kappa shape index (κ3) is 3.34. The van der Waals surface area contributed by atoms with Crippen LogP contribution in [0.4, 0.5) is 5.82 Å². The Labute approximate surface area is 137 Å². The smallest absolute Gasteiger partial charge is 0.303 e. The van der Waals surface area contributed by atoms with Gasteiger partial charge in [-0.2, -0.15) is 0 Å². The van der Waals surface area contributed by atoms with E-state index in [1.54, 1.807) is 10.9 Å². The average Bonchev–Trinajstić information content (AvgIpc) is 3.15. The molecule has 1 fully saturated rings. The molecule has 9 nitrogen and oxygen atoms in total. The van der Waals surface area contributed by atoms with E-state index in [1.807, 2.05) is 6.20 Å². The second-order valence-corrected chi connectivity index (χ2v) is 5.55. The van der Waals surface area contributed by atoms with Crippen LogP contribution >= 0.6 is 0 Å². The number of hydrogen-bond acceptors (Lipinski definition) is 8. The zero-order chi connectivity index (χ0) is 17.3. The fourth-order valence-electron chi connectivity index (χ4n) is 2.50. The van der Waals surface area contributed by atoms with Crippen molar-refractivity contribution in [1.82, 2.24) is 19.5 Å². The Morgan fingerprint density at radius 1 is 1.38 bits per heavy atom. The monoisotopic (exact) mass is 331 g/mol. The minimum absolute atomic E-state index is 0.00452. The van der Waals surface area contributed by atoms with Crippen molar-refractivity contribution in [3.05, 3.63) is 18.2 Å². The third-order valence-corrected chi connectivity index (χ3v) is 3.68. The number of ether oxygens (including phenoxy) is 2. The predicted molar refractivity (Wildman–Crippen MR) is 84.3 cm³/mol. The molecule has 2 heterocycles. The SMILES string of the molecule is CC(=O)OC[C@H](OC(C)=O)[C@H]1C/C1=C\n1cnc2c(N)ncnc21. The first-order chi connectivity index (χ1) is 11.5.